The number of halogens is 1. The second-order valence-electron chi connectivity index (χ2n) is 7.88. The number of aromatic nitrogens is 4. The van der Waals surface area contributed by atoms with Gasteiger partial charge >= 0.3 is 11.7 Å². The first-order valence-corrected chi connectivity index (χ1v) is 10.5. The molecular weight excluding hydrogens is 422 g/mol. The van der Waals surface area contributed by atoms with Crippen LogP contribution in [0.4, 0.5) is 11.6 Å². The zero-order valence-electron chi connectivity index (χ0n) is 17.9. The van der Waals surface area contributed by atoms with Crippen LogP contribution in [0.5, 0.6) is 0 Å². The summed E-state index contributed by atoms with van der Waals surface area (Å²) in [6, 6.07) is 5.64. The molecule has 1 aromatic carbocycles. The van der Waals surface area contributed by atoms with E-state index in [0.717, 1.165) is 15.8 Å². The summed E-state index contributed by atoms with van der Waals surface area (Å²) in [5.74, 6) is 0.141. The van der Waals surface area contributed by atoms with Gasteiger partial charge in [0.25, 0.3) is 5.56 Å². The first-order chi connectivity index (χ1) is 14.7. The molecule has 9 nitrogen and oxygen atoms in total. The molecule has 0 saturated carbocycles. The van der Waals surface area contributed by atoms with Crippen molar-refractivity contribution in [3.8, 4) is 0 Å². The van der Waals surface area contributed by atoms with Crippen molar-refractivity contribution in [2.45, 2.75) is 33.9 Å². The summed E-state index contributed by atoms with van der Waals surface area (Å²) in [5.41, 5.74) is 1.32. The van der Waals surface area contributed by atoms with Crippen LogP contribution in [-0.4, -0.2) is 37.8 Å². The summed E-state index contributed by atoms with van der Waals surface area (Å²) in [4.78, 5) is 44.8. The van der Waals surface area contributed by atoms with E-state index in [2.05, 4.69) is 11.9 Å². The van der Waals surface area contributed by atoms with Gasteiger partial charge in [0.2, 0.25) is 5.95 Å². The van der Waals surface area contributed by atoms with Crippen molar-refractivity contribution in [2.24, 2.45) is 13.0 Å². The summed E-state index contributed by atoms with van der Waals surface area (Å²) in [7, 11) is 1.54. The number of esters is 1. The summed E-state index contributed by atoms with van der Waals surface area (Å²) in [6.45, 7) is 6.72. The molecule has 0 fully saturated rings. The number of ether oxygens (including phenoxy) is 1. The van der Waals surface area contributed by atoms with E-state index in [9.17, 15) is 14.4 Å². The molecule has 164 valence electrons. The predicted molar refractivity (Wildman–Crippen MR) is 118 cm³/mol. The number of anilines is 2. The third kappa shape index (κ3) is 3.52. The molecule has 0 radical (unpaired) electrons. The average Bonchev–Trinajstić information content (AvgIpc) is 3.10. The molecule has 0 spiro atoms. The highest BCUT2D eigenvalue weighted by atomic mass is 35.5. The maximum absolute atomic E-state index is 13.3. The number of benzene rings is 1. The number of fused-ring (bicyclic) bond motifs is 3. The van der Waals surface area contributed by atoms with Gasteiger partial charge in [-0.25, -0.2) is 9.36 Å². The minimum absolute atomic E-state index is 0.170. The second kappa shape index (κ2) is 7.88. The van der Waals surface area contributed by atoms with E-state index in [1.807, 2.05) is 34.6 Å². The van der Waals surface area contributed by atoms with Crippen molar-refractivity contribution in [1.82, 2.24) is 18.7 Å². The molecule has 4 rings (SSSR count). The second-order valence-corrected chi connectivity index (χ2v) is 8.32. The number of hydrogen-bond acceptors (Lipinski definition) is 6. The van der Waals surface area contributed by atoms with Gasteiger partial charge in [-0.1, -0.05) is 24.6 Å². The van der Waals surface area contributed by atoms with E-state index < -0.39 is 23.8 Å². The van der Waals surface area contributed by atoms with Gasteiger partial charge in [-0.15, -0.1) is 0 Å². The highest BCUT2D eigenvalue weighted by Crippen LogP contribution is 2.35. The molecular formula is C21H24ClN5O4. The van der Waals surface area contributed by atoms with Crippen LogP contribution in [0.3, 0.4) is 0 Å². The van der Waals surface area contributed by atoms with Crippen molar-refractivity contribution >= 4 is 40.4 Å². The maximum Gasteiger partial charge on any atom is 0.333 e. The number of rotatable bonds is 4. The Bertz CT molecular complexity index is 1310. The Balaban J connectivity index is 1.96. The molecule has 10 heteroatoms. The highest BCUT2D eigenvalue weighted by Gasteiger charge is 2.30. The summed E-state index contributed by atoms with van der Waals surface area (Å²) in [5, 5.41) is 0.602. The largest absolute Gasteiger partial charge is 0.465 e. The first kappa shape index (κ1) is 21.2. The zero-order valence-corrected chi connectivity index (χ0v) is 18.6. The van der Waals surface area contributed by atoms with Crippen molar-refractivity contribution in [3.05, 3.63) is 49.6 Å². The fraction of sp³-hybridized carbons (Fsp3) is 0.429. The molecule has 1 aliphatic rings. The molecule has 1 unspecified atom stereocenters. The van der Waals surface area contributed by atoms with Crippen LogP contribution < -0.4 is 16.1 Å². The van der Waals surface area contributed by atoms with Gasteiger partial charge in [-0.2, -0.15) is 4.98 Å². The van der Waals surface area contributed by atoms with E-state index in [-0.39, 0.29) is 23.7 Å². The highest BCUT2D eigenvalue weighted by molar-refractivity contribution is 6.30. The first-order valence-electron chi connectivity index (χ1n) is 10.1. The molecule has 3 aromatic rings. The number of carbonyl (C=O) groups excluding carboxylic acids is 1. The van der Waals surface area contributed by atoms with E-state index in [1.165, 1.54) is 4.57 Å². The van der Waals surface area contributed by atoms with Gasteiger partial charge in [-0.05, 0) is 37.5 Å². The molecule has 2 aromatic heterocycles. The topological polar surface area (TPSA) is 91.4 Å². The Morgan fingerprint density at radius 1 is 1.29 bits per heavy atom. The summed E-state index contributed by atoms with van der Waals surface area (Å²) < 4.78 is 8.96. The van der Waals surface area contributed by atoms with E-state index >= 15 is 0 Å². The smallest absolute Gasteiger partial charge is 0.333 e. The van der Waals surface area contributed by atoms with Crippen LogP contribution in [0.15, 0.2) is 27.8 Å². The molecule has 31 heavy (non-hydrogen) atoms. The van der Waals surface area contributed by atoms with Crippen molar-refractivity contribution in [1.29, 1.82) is 0 Å². The Morgan fingerprint density at radius 2 is 2.03 bits per heavy atom. The van der Waals surface area contributed by atoms with Crippen LogP contribution >= 0.6 is 11.6 Å². The van der Waals surface area contributed by atoms with Crippen LogP contribution in [0.2, 0.25) is 5.02 Å². The Morgan fingerprint density at radius 3 is 2.74 bits per heavy atom. The van der Waals surface area contributed by atoms with Crippen LogP contribution in [0, 0.1) is 12.8 Å². The maximum atomic E-state index is 13.3. The number of nitrogens with zero attached hydrogens (tertiary/aromatic N) is 5. The van der Waals surface area contributed by atoms with Crippen molar-refractivity contribution in [2.75, 3.05) is 18.1 Å². The average molecular weight is 446 g/mol. The Hall–Kier alpha value is -3.07. The molecule has 0 N–H and O–H groups in total. The zero-order chi connectivity index (χ0) is 22.4. The number of hydrogen-bond donors (Lipinski definition) is 0. The van der Waals surface area contributed by atoms with Crippen LogP contribution in [0.1, 0.15) is 19.4 Å². The predicted octanol–water partition coefficient (Wildman–Crippen LogP) is 2.21. The van der Waals surface area contributed by atoms with Crippen LogP contribution in [0.25, 0.3) is 11.2 Å². The third-order valence-electron chi connectivity index (χ3n) is 5.50. The molecule has 1 atom stereocenters. The molecule has 0 bridgehead atoms. The lowest BCUT2D eigenvalue weighted by Gasteiger charge is -2.33. The van der Waals surface area contributed by atoms with Gasteiger partial charge in [0.05, 0.1) is 6.61 Å². The number of aryl methyl sites for hydroxylation is 2. The number of carbonyl (C=O) groups is 1. The minimum Gasteiger partial charge on any atom is -0.465 e. The van der Waals surface area contributed by atoms with E-state index in [4.69, 9.17) is 16.3 Å². The monoisotopic (exact) mass is 445 g/mol. The molecule has 0 aliphatic carbocycles. The van der Waals surface area contributed by atoms with Gasteiger partial charge < -0.3 is 14.2 Å². The lowest BCUT2D eigenvalue weighted by Crippen LogP contribution is -2.42. The summed E-state index contributed by atoms with van der Waals surface area (Å²) in [6.07, 6.45) is 0. The number of imidazole rings is 1. The quantitative estimate of drug-likeness (QED) is 0.572. The summed E-state index contributed by atoms with van der Waals surface area (Å²) >= 11 is 6.25. The standard InChI is InChI=1S/C21H24ClN5O4/c1-5-31-16(28)11-27-19(29)17-18(24(4)21(27)30)23-20-25(9-12(2)10-26(17)20)15-8-14(22)7-6-13(15)3/h6-8,12H,5,9-11H2,1-4H3. The molecule has 3 heterocycles. The third-order valence-corrected chi connectivity index (χ3v) is 5.73. The lowest BCUT2D eigenvalue weighted by molar-refractivity contribution is -0.143. The van der Waals surface area contributed by atoms with Crippen molar-refractivity contribution in [3.63, 3.8) is 0 Å². The molecule has 0 amide bonds. The van der Waals surface area contributed by atoms with Gasteiger partial charge in [0.1, 0.15) is 6.54 Å². The Kier molecular flexibility index (Phi) is 5.38. The van der Waals surface area contributed by atoms with Crippen LogP contribution in [-0.2, 0) is 29.7 Å². The fourth-order valence-corrected chi connectivity index (χ4v) is 4.22. The fourth-order valence-electron chi connectivity index (χ4n) is 4.06. The molecule has 1 aliphatic heterocycles. The van der Waals surface area contributed by atoms with Gasteiger partial charge in [0.15, 0.2) is 11.2 Å². The van der Waals surface area contributed by atoms with Gasteiger partial charge in [0, 0.05) is 30.8 Å². The van der Waals surface area contributed by atoms with Gasteiger partial charge in [-0.3, -0.25) is 14.2 Å². The minimum atomic E-state index is -0.635. The van der Waals surface area contributed by atoms with E-state index in [1.54, 1.807) is 14.0 Å². The lowest BCUT2D eigenvalue weighted by atomic mass is 10.1. The van der Waals surface area contributed by atoms with Crippen molar-refractivity contribution < 1.29 is 9.53 Å². The molecule has 0 saturated heterocycles. The SMILES string of the molecule is CCOC(=O)Cn1c(=O)c2c(nc3n2CC(C)CN3c2cc(Cl)ccc2C)n(C)c1=O. The van der Waals surface area contributed by atoms with E-state index in [0.29, 0.717) is 24.1 Å². The normalized spacial score (nSPS) is 15.9. The Labute approximate surface area is 183 Å².